The van der Waals surface area contributed by atoms with Gasteiger partial charge in [-0.05, 0) is 61.7 Å². The van der Waals surface area contributed by atoms with E-state index in [0.29, 0.717) is 22.1 Å². The number of nitrogens with one attached hydrogen (secondary N) is 1. The average Bonchev–Trinajstić information content (AvgIpc) is 2.45. The Morgan fingerprint density at radius 1 is 1.04 bits per heavy atom. The summed E-state index contributed by atoms with van der Waals surface area (Å²) in [5.74, 6) is -0.0993. The first kappa shape index (κ1) is 17.0. The number of carbonyl (C=O) groups is 1. The molecular weight excluding hydrogens is 312 g/mol. The third-order valence-electron chi connectivity index (χ3n) is 3.41. The summed E-state index contributed by atoms with van der Waals surface area (Å²) in [6, 6.07) is 7.21. The van der Waals surface area contributed by atoms with Gasteiger partial charge in [0.1, 0.15) is 0 Å². The molecular formula is C17H19ClN4O. The Bertz CT molecular complexity index is 776. The van der Waals surface area contributed by atoms with Crippen molar-refractivity contribution in [3.8, 4) is 0 Å². The Labute approximate surface area is 140 Å². The van der Waals surface area contributed by atoms with Gasteiger partial charge in [0.05, 0.1) is 22.1 Å². The first-order valence-corrected chi connectivity index (χ1v) is 7.52. The number of hydrogen-bond acceptors (Lipinski definition) is 4. The van der Waals surface area contributed by atoms with Crippen LogP contribution in [0.25, 0.3) is 0 Å². The zero-order valence-corrected chi connectivity index (χ0v) is 14.3. The van der Waals surface area contributed by atoms with Crippen LogP contribution < -0.4 is 11.1 Å². The lowest BCUT2D eigenvalue weighted by atomic mass is 10.1. The van der Waals surface area contributed by atoms with Crippen molar-refractivity contribution in [2.45, 2.75) is 27.7 Å². The van der Waals surface area contributed by atoms with Gasteiger partial charge >= 0.3 is 0 Å². The van der Waals surface area contributed by atoms with Gasteiger partial charge in [-0.1, -0.05) is 11.6 Å². The highest BCUT2D eigenvalue weighted by molar-refractivity contribution is 6.33. The molecule has 0 bridgehead atoms. The van der Waals surface area contributed by atoms with E-state index in [1.165, 1.54) is 6.92 Å². The van der Waals surface area contributed by atoms with Gasteiger partial charge in [-0.15, -0.1) is 0 Å². The number of benzene rings is 2. The standard InChI is InChI=1S/C17H19ClN4O/c1-9-7-15(19)14(18)8-16(9)22-21-13-5-10(2)17(11(3)6-13)20-12(4)23/h5-8H,19H2,1-4H3,(H,20,23). The van der Waals surface area contributed by atoms with Crippen LogP contribution in [0.1, 0.15) is 23.6 Å². The summed E-state index contributed by atoms with van der Waals surface area (Å²) < 4.78 is 0. The van der Waals surface area contributed by atoms with Gasteiger partial charge in [-0.25, -0.2) is 0 Å². The molecule has 2 rings (SSSR count). The quantitative estimate of drug-likeness (QED) is 0.597. The number of aryl methyl sites for hydroxylation is 3. The molecule has 2 aromatic rings. The van der Waals surface area contributed by atoms with Crippen molar-refractivity contribution in [1.29, 1.82) is 0 Å². The van der Waals surface area contributed by atoms with E-state index in [0.717, 1.165) is 22.4 Å². The highest BCUT2D eigenvalue weighted by Crippen LogP contribution is 2.31. The maximum atomic E-state index is 11.2. The van der Waals surface area contributed by atoms with Crippen LogP contribution in [0.4, 0.5) is 22.7 Å². The van der Waals surface area contributed by atoms with Crippen molar-refractivity contribution in [1.82, 2.24) is 0 Å². The third-order valence-corrected chi connectivity index (χ3v) is 3.73. The Morgan fingerprint density at radius 2 is 1.65 bits per heavy atom. The van der Waals surface area contributed by atoms with Crippen LogP contribution in [0.15, 0.2) is 34.5 Å². The molecule has 120 valence electrons. The van der Waals surface area contributed by atoms with Crippen molar-refractivity contribution >= 4 is 40.3 Å². The molecule has 0 atom stereocenters. The van der Waals surface area contributed by atoms with Gasteiger partial charge < -0.3 is 11.1 Å². The Kier molecular flexibility index (Phi) is 5.01. The van der Waals surface area contributed by atoms with E-state index in [1.807, 2.05) is 32.9 Å². The number of amides is 1. The largest absolute Gasteiger partial charge is 0.398 e. The van der Waals surface area contributed by atoms with Gasteiger partial charge in [0.25, 0.3) is 0 Å². The number of rotatable bonds is 3. The number of nitrogens with zero attached hydrogens (tertiary/aromatic N) is 2. The van der Waals surface area contributed by atoms with Crippen LogP contribution >= 0.6 is 11.6 Å². The maximum absolute atomic E-state index is 11.2. The van der Waals surface area contributed by atoms with Crippen molar-refractivity contribution in [2.24, 2.45) is 10.2 Å². The van der Waals surface area contributed by atoms with Crippen LogP contribution in [0, 0.1) is 20.8 Å². The second-order valence-corrected chi connectivity index (χ2v) is 5.90. The molecule has 0 unspecified atom stereocenters. The number of carbonyl (C=O) groups excluding carboxylic acids is 1. The Morgan fingerprint density at radius 3 is 2.22 bits per heavy atom. The molecule has 1 amide bonds. The highest BCUT2D eigenvalue weighted by Gasteiger charge is 2.07. The van der Waals surface area contributed by atoms with E-state index < -0.39 is 0 Å². The van der Waals surface area contributed by atoms with Crippen LogP contribution in [-0.4, -0.2) is 5.91 Å². The number of hydrogen-bond donors (Lipinski definition) is 2. The van der Waals surface area contributed by atoms with Gasteiger partial charge in [0.15, 0.2) is 0 Å². The fraction of sp³-hybridized carbons (Fsp3) is 0.235. The predicted octanol–water partition coefficient (Wildman–Crippen LogP) is 5.22. The summed E-state index contributed by atoms with van der Waals surface area (Å²) in [5, 5.41) is 11.8. The topological polar surface area (TPSA) is 79.8 Å². The minimum Gasteiger partial charge on any atom is -0.398 e. The van der Waals surface area contributed by atoms with Crippen molar-refractivity contribution < 1.29 is 4.79 Å². The molecule has 0 spiro atoms. The Balaban J connectivity index is 2.34. The number of nitrogen functional groups attached to an aromatic ring is 1. The smallest absolute Gasteiger partial charge is 0.221 e. The average molecular weight is 331 g/mol. The SMILES string of the molecule is CC(=O)Nc1c(C)cc(N=Nc2cc(Cl)c(N)cc2C)cc1C. The third kappa shape index (κ3) is 4.07. The molecule has 23 heavy (non-hydrogen) atoms. The first-order chi connectivity index (χ1) is 10.8. The number of azo groups is 1. The first-order valence-electron chi connectivity index (χ1n) is 7.14. The zero-order chi connectivity index (χ0) is 17.1. The molecule has 0 heterocycles. The Hall–Kier alpha value is -2.40. The molecule has 0 saturated heterocycles. The molecule has 5 nitrogen and oxygen atoms in total. The molecule has 2 aromatic carbocycles. The molecule has 0 aliphatic heterocycles. The van der Waals surface area contributed by atoms with E-state index in [-0.39, 0.29) is 5.91 Å². The highest BCUT2D eigenvalue weighted by atomic mass is 35.5. The van der Waals surface area contributed by atoms with E-state index in [4.69, 9.17) is 17.3 Å². The molecule has 0 aromatic heterocycles. The molecule has 0 saturated carbocycles. The molecule has 0 radical (unpaired) electrons. The summed E-state index contributed by atoms with van der Waals surface area (Å²) in [6.45, 7) is 7.22. The normalized spacial score (nSPS) is 11.0. The lowest BCUT2D eigenvalue weighted by Gasteiger charge is -2.11. The predicted molar refractivity (Wildman–Crippen MR) is 95.0 cm³/mol. The van der Waals surface area contributed by atoms with E-state index in [1.54, 1.807) is 12.1 Å². The minimum atomic E-state index is -0.0993. The second kappa shape index (κ2) is 6.79. The molecule has 0 aliphatic carbocycles. The van der Waals surface area contributed by atoms with Crippen molar-refractivity contribution in [3.63, 3.8) is 0 Å². The monoisotopic (exact) mass is 330 g/mol. The van der Waals surface area contributed by atoms with Crippen molar-refractivity contribution in [3.05, 3.63) is 46.0 Å². The van der Waals surface area contributed by atoms with Crippen LogP contribution in [0.5, 0.6) is 0 Å². The van der Waals surface area contributed by atoms with Gasteiger partial charge in [-0.2, -0.15) is 10.2 Å². The lowest BCUT2D eigenvalue weighted by Crippen LogP contribution is -2.08. The summed E-state index contributed by atoms with van der Waals surface area (Å²) in [6.07, 6.45) is 0. The maximum Gasteiger partial charge on any atom is 0.221 e. The summed E-state index contributed by atoms with van der Waals surface area (Å²) in [5.41, 5.74) is 11.2. The number of halogens is 1. The van der Waals surface area contributed by atoms with E-state index >= 15 is 0 Å². The summed E-state index contributed by atoms with van der Waals surface area (Å²) >= 11 is 6.02. The molecule has 3 N–H and O–H groups in total. The second-order valence-electron chi connectivity index (χ2n) is 5.50. The van der Waals surface area contributed by atoms with Crippen LogP contribution in [-0.2, 0) is 4.79 Å². The molecule has 6 heteroatoms. The number of anilines is 2. The molecule has 0 fully saturated rings. The molecule has 0 aliphatic rings. The van der Waals surface area contributed by atoms with Gasteiger partial charge in [-0.3, -0.25) is 4.79 Å². The van der Waals surface area contributed by atoms with Crippen LogP contribution in [0.2, 0.25) is 5.02 Å². The zero-order valence-electron chi connectivity index (χ0n) is 13.6. The van der Waals surface area contributed by atoms with Gasteiger partial charge in [0.2, 0.25) is 5.91 Å². The van der Waals surface area contributed by atoms with Gasteiger partial charge in [0, 0.05) is 12.6 Å². The fourth-order valence-electron chi connectivity index (χ4n) is 2.28. The van der Waals surface area contributed by atoms with Crippen LogP contribution in [0.3, 0.4) is 0 Å². The summed E-state index contributed by atoms with van der Waals surface area (Å²) in [4.78, 5) is 11.2. The van der Waals surface area contributed by atoms with E-state index in [2.05, 4.69) is 15.5 Å². The summed E-state index contributed by atoms with van der Waals surface area (Å²) in [7, 11) is 0. The number of nitrogens with two attached hydrogens (primary N) is 1. The van der Waals surface area contributed by atoms with E-state index in [9.17, 15) is 4.79 Å². The van der Waals surface area contributed by atoms with Crippen molar-refractivity contribution in [2.75, 3.05) is 11.1 Å². The fourth-order valence-corrected chi connectivity index (χ4v) is 2.44. The lowest BCUT2D eigenvalue weighted by molar-refractivity contribution is -0.114. The minimum absolute atomic E-state index is 0.0993.